The van der Waals surface area contributed by atoms with E-state index in [1.54, 1.807) is 6.07 Å². The van der Waals surface area contributed by atoms with Gasteiger partial charge < -0.3 is 10.2 Å². The fourth-order valence-corrected chi connectivity index (χ4v) is 3.37. The van der Waals surface area contributed by atoms with E-state index in [4.69, 9.17) is 0 Å². The average molecular weight is 345 g/mol. The van der Waals surface area contributed by atoms with E-state index in [9.17, 15) is 13.6 Å². The van der Waals surface area contributed by atoms with Gasteiger partial charge in [-0.05, 0) is 31.2 Å². The number of carbonyl (C=O) groups excluding carboxylic acids is 1. The molecule has 1 aromatic carbocycles. The smallest absolute Gasteiger partial charge is 0.346 e. The Hall–Kier alpha value is -2.34. The van der Waals surface area contributed by atoms with Crippen LogP contribution in [0.5, 0.6) is 0 Å². The standard InChI is InChI=1S/C19H21F2N3O/c1-13-7-6-10-22-17(13)19(20,21)18(25)23-16-12-24(2)11-15(16)14-8-4-3-5-9-14/h3-10,15-16H,11-12H2,1-2H3,(H,23,25)/t15-,16-/m0/s1. The van der Waals surface area contributed by atoms with Crippen molar-refractivity contribution in [2.45, 2.75) is 24.8 Å². The molecule has 3 rings (SSSR count). The van der Waals surface area contributed by atoms with E-state index in [2.05, 4.69) is 10.3 Å². The average Bonchev–Trinajstić information content (AvgIpc) is 2.96. The van der Waals surface area contributed by atoms with Gasteiger partial charge in [0.1, 0.15) is 5.69 Å². The van der Waals surface area contributed by atoms with E-state index >= 15 is 0 Å². The number of aromatic nitrogens is 1. The van der Waals surface area contributed by atoms with Crippen molar-refractivity contribution < 1.29 is 13.6 Å². The molecular weight excluding hydrogens is 324 g/mol. The maximum absolute atomic E-state index is 14.6. The Labute approximate surface area is 145 Å². The number of nitrogens with one attached hydrogen (secondary N) is 1. The number of benzene rings is 1. The third-order valence-corrected chi connectivity index (χ3v) is 4.64. The number of nitrogens with zero attached hydrogens (tertiary/aromatic N) is 2. The van der Waals surface area contributed by atoms with Gasteiger partial charge in [-0.3, -0.25) is 9.78 Å². The normalized spacial score (nSPS) is 21.3. The maximum atomic E-state index is 14.6. The van der Waals surface area contributed by atoms with Gasteiger partial charge in [-0.2, -0.15) is 8.78 Å². The summed E-state index contributed by atoms with van der Waals surface area (Å²) in [5.41, 5.74) is 0.843. The van der Waals surface area contributed by atoms with Crippen LogP contribution in [-0.4, -0.2) is 42.0 Å². The predicted octanol–water partition coefficient (Wildman–Crippen LogP) is 2.70. The molecule has 0 spiro atoms. The Morgan fingerprint density at radius 1 is 1.20 bits per heavy atom. The molecule has 1 aromatic heterocycles. The monoisotopic (exact) mass is 345 g/mol. The van der Waals surface area contributed by atoms with Crippen LogP contribution >= 0.6 is 0 Å². The van der Waals surface area contributed by atoms with Crippen LogP contribution in [0.15, 0.2) is 48.7 Å². The van der Waals surface area contributed by atoms with Crippen LogP contribution in [0.4, 0.5) is 8.78 Å². The molecule has 1 aliphatic heterocycles. The molecule has 0 aliphatic carbocycles. The topological polar surface area (TPSA) is 45.2 Å². The number of pyridine rings is 1. The van der Waals surface area contributed by atoms with Gasteiger partial charge in [-0.25, -0.2) is 0 Å². The summed E-state index contributed by atoms with van der Waals surface area (Å²) in [5.74, 6) is -4.97. The van der Waals surface area contributed by atoms with Crippen molar-refractivity contribution in [3.05, 3.63) is 65.5 Å². The first-order chi connectivity index (χ1) is 11.9. The molecule has 2 atom stereocenters. The van der Waals surface area contributed by atoms with Crippen molar-refractivity contribution in [1.29, 1.82) is 0 Å². The van der Waals surface area contributed by atoms with Crippen LogP contribution in [0.3, 0.4) is 0 Å². The van der Waals surface area contributed by atoms with Gasteiger partial charge in [0.05, 0.1) is 0 Å². The van der Waals surface area contributed by atoms with Gasteiger partial charge in [0.15, 0.2) is 0 Å². The van der Waals surface area contributed by atoms with Crippen molar-refractivity contribution in [3.63, 3.8) is 0 Å². The number of likely N-dealkylation sites (N-methyl/N-ethyl adjacent to an activating group) is 1. The van der Waals surface area contributed by atoms with Crippen LogP contribution in [0, 0.1) is 6.92 Å². The molecular formula is C19H21F2N3O. The molecule has 2 aromatic rings. The van der Waals surface area contributed by atoms with E-state index in [1.165, 1.54) is 19.2 Å². The number of hydrogen-bond acceptors (Lipinski definition) is 3. The Kier molecular flexibility index (Phi) is 4.81. The summed E-state index contributed by atoms with van der Waals surface area (Å²) < 4.78 is 29.2. The zero-order valence-electron chi connectivity index (χ0n) is 14.2. The summed E-state index contributed by atoms with van der Waals surface area (Å²) in [6, 6.07) is 12.4. The van der Waals surface area contributed by atoms with Gasteiger partial charge in [0.25, 0.3) is 5.91 Å². The lowest BCUT2D eigenvalue weighted by atomic mass is 9.94. The van der Waals surface area contributed by atoms with E-state index in [0.29, 0.717) is 18.7 Å². The number of likely N-dealkylation sites (tertiary alicyclic amines) is 1. The third kappa shape index (κ3) is 3.54. The van der Waals surface area contributed by atoms with E-state index in [-0.39, 0.29) is 12.0 Å². The lowest BCUT2D eigenvalue weighted by Gasteiger charge is -2.24. The first-order valence-electron chi connectivity index (χ1n) is 8.24. The Morgan fingerprint density at radius 2 is 1.92 bits per heavy atom. The number of alkyl halides is 2. The minimum absolute atomic E-state index is 0.0178. The highest BCUT2D eigenvalue weighted by Gasteiger charge is 2.46. The maximum Gasteiger partial charge on any atom is 0.366 e. The lowest BCUT2D eigenvalue weighted by Crippen LogP contribution is -2.47. The molecule has 4 nitrogen and oxygen atoms in total. The van der Waals surface area contributed by atoms with Crippen molar-refractivity contribution in [2.75, 3.05) is 20.1 Å². The highest BCUT2D eigenvalue weighted by atomic mass is 19.3. The molecule has 0 unspecified atom stereocenters. The van der Waals surface area contributed by atoms with Crippen LogP contribution < -0.4 is 5.32 Å². The van der Waals surface area contributed by atoms with E-state index in [1.807, 2.05) is 42.3 Å². The second-order valence-corrected chi connectivity index (χ2v) is 6.56. The zero-order valence-corrected chi connectivity index (χ0v) is 14.2. The molecule has 0 saturated carbocycles. The molecule has 1 fully saturated rings. The lowest BCUT2D eigenvalue weighted by molar-refractivity contribution is -0.148. The summed E-state index contributed by atoms with van der Waals surface area (Å²) in [7, 11) is 1.92. The highest BCUT2D eigenvalue weighted by molar-refractivity contribution is 5.85. The molecule has 1 N–H and O–H groups in total. The molecule has 132 valence electrons. The quantitative estimate of drug-likeness (QED) is 0.927. The van der Waals surface area contributed by atoms with Crippen LogP contribution in [0.2, 0.25) is 0 Å². The first kappa shape index (κ1) is 17.5. The molecule has 6 heteroatoms. The number of carbonyl (C=O) groups is 1. The van der Waals surface area contributed by atoms with Crippen molar-refractivity contribution in [3.8, 4) is 0 Å². The first-order valence-corrected chi connectivity index (χ1v) is 8.24. The van der Waals surface area contributed by atoms with Gasteiger partial charge in [-0.15, -0.1) is 0 Å². The zero-order chi connectivity index (χ0) is 18.0. The molecule has 1 amide bonds. The van der Waals surface area contributed by atoms with Crippen molar-refractivity contribution in [2.24, 2.45) is 0 Å². The van der Waals surface area contributed by atoms with Gasteiger partial charge in [0, 0.05) is 31.2 Å². The van der Waals surface area contributed by atoms with Gasteiger partial charge >= 0.3 is 5.92 Å². The molecule has 0 radical (unpaired) electrons. The van der Waals surface area contributed by atoms with Gasteiger partial charge in [-0.1, -0.05) is 36.4 Å². The van der Waals surface area contributed by atoms with Crippen LogP contribution in [0.1, 0.15) is 22.7 Å². The number of aryl methyl sites for hydroxylation is 1. The molecule has 0 bridgehead atoms. The van der Waals surface area contributed by atoms with Crippen LogP contribution in [-0.2, 0) is 10.7 Å². The molecule has 2 heterocycles. The molecule has 25 heavy (non-hydrogen) atoms. The minimum Gasteiger partial charge on any atom is -0.346 e. The Bertz CT molecular complexity index is 751. The summed E-state index contributed by atoms with van der Waals surface area (Å²) in [6.45, 7) is 2.77. The second-order valence-electron chi connectivity index (χ2n) is 6.56. The Balaban J connectivity index is 1.80. The highest BCUT2D eigenvalue weighted by Crippen LogP contribution is 2.31. The number of hydrogen-bond donors (Lipinski definition) is 1. The third-order valence-electron chi connectivity index (χ3n) is 4.64. The summed E-state index contributed by atoms with van der Waals surface area (Å²) in [5, 5.41) is 2.55. The fourth-order valence-electron chi connectivity index (χ4n) is 3.37. The van der Waals surface area contributed by atoms with Crippen molar-refractivity contribution >= 4 is 5.91 Å². The van der Waals surface area contributed by atoms with Crippen molar-refractivity contribution in [1.82, 2.24) is 15.2 Å². The second kappa shape index (κ2) is 6.88. The minimum atomic E-state index is -3.66. The van der Waals surface area contributed by atoms with Crippen LogP contribution in [0.25, 0.3) is 0 Å². The van der Waals surface area contributed by atoms with E-state index in [0.717, 1.165) is 5.56 Å². The number of rotatable bonds is 4. The predicted molar refractivity (Wildman–Crippen MR) is 91.5 cm³/mol. The number of halogens is 2. The van der Waals surface area contributed by atoms with Gasteiger partial charge in [0.2, 0.25) is 0 Å². The fraction of sp³-hybridized carbons (Fsp3) is 0.368. The summed E-state index contributed by atoms with van der Waals surface area (Å²) in [4.78, 5) is 18.1. The SMILES string of the molecule is Cc1cccnc1C(F)(F)C(=O)N[C@H]1CN(C)C[C@H]1c1ccccc1. The summed E-state index contributed by atoms with van der Waals surface area (Å²) in [6.07, 6.45) is 1.28. The summed E-state index contributed by atoms with van der Waals surface area (Å²) >= 11 is 0. The largest absolute Gasteiger partial charge is 0.366 e. The molecule has 1 saturated heterocycles. The Morgan fingerprint density at radius 3 is 2.60 bits per heavy atom. The molecule has 1 aliphatic rings. The number of amides is 1. The van der Waals surface area contributed by atoms with E-state index < -0.39 is 17.5 Å².